The first-order valence-corrected chi connectivity index (χ1v) is 7.17. The second kappa shape index (κ2) is 4.97. The Bertz CT molecular complexity index is 756. The van der Waals surface area contributed by atoms with Crippen LogP contribution in [-0.2, 0) is 16.5 Å². The molecule has 0 spiro atoms. The molecule has 2 aromatic carbocycles. The second-order valence-corrected chi connectivity index (χ2v) is 5.98. The van der Waals surface area contributed by atoms with Gasteiger partial charge in [0.05, 0.1) is 5.02 Å². The summed E-state index contributed by atoms with van der Waals surface area (Å²) < 4.78 is 32.2. The van der Waals surface area contributed by atoms with Gasteiger partial charge in [-0.15, -0.1) is 0 Å². The molecule has 0 heterocycles. The Balaban J connectivity index is 0.00000133. The Hall–Kier alpha value is -0.763. The van der Waals surface area contributed by atoms with Crippen LogP contribution in [0.1, 0.15) is 11.1 Å². The van der Waals surface area contributed by atoms with Crippen LogP contribution < -0.4 is 0 Å². The Morgan fingerprint density at radius 1 is 1.05 bits per heavy atom. The molecule has 1 aliphatic rings. The van der Waals surface area contributed by atoms with Gasteiger partial charge in [-0.25, -0.2) is 0 Å². The van der Waals surface area contributed by atoms with Gasteiger partial charge in [-0.05, 0) is 28.3 Å². The van der Waals surface area contributed by atoms with E-state index in [0.29, 0.717) is 12.0 Å². The molecule has 0 radical (unpaired) electrons. The maximum atomic E-state index is 11.4. The molecule has 2 aromatic rings. The predicted molar refractivity (Wildman–Crippen MR) is 76.7 cm³/mol. The summed E-state index contributed by atoms with van der Waals surface area (Å²) in [7, 11) is -4.31. The van der Waals surface area contributed by atoms with Gasteiger partial charge in [0, 0.05) is 6.42 Å². The molecule has 3 rings (SSSR count). The van der Waals surface area contributed by atoms with E-state index in [1.165, 1.54) is 6.07 Å². The summed E-state index contributed by atoms with van der Waals surface area (Å²) in [5.74, 6) is 0. The fourth-order valence-electron chi connectivity index (χ4n) is 2.43. The van der Waals surface area contributed by atoms with Crippen molar-refractivity contribution in [3.63, 3.8) is 0 Å². The van der Waals surface area contributed by atoms with Gasteiger partial charge in [0.1, 0.15) is 4.90 Å². The van der Waals surface area contributed by atoms with E-state index in [-0.39, 0.29) is 28.8 Å². The molecule has 0 bridgehead atoms. The van der Waals surface area contributed by atoms with Crippen LogP contribution in [0, 0.1) is 0 Å². The van der Waals surface area contributed by atoms with E-state index in [9.17, 15) is 13.0 Å². The number of halogens is 1. The van der Waals surface area contributed by atoms with E-state index in [0.717, 1.165) is 16.7 Å². The molecule has 3 nitrogen and oxygen atoms in total. The Kier molecular flexibility index (Phi) is 3.83. The van der Waals surface area contributed by atoms with Gasteiger partial charge < -0.3 is 0 Å². The first-order chi connectivity index (χ1) is 8.48. The van der Waals surface area contributed by atoms with Crippen molar-refractivity contribution in [3.8, 4) is 11.1 Å². The number of hydrogen-bond acceptors (Lipinski definition) is 2. The van der Waals surface area contributed by atoms with Gasteiger partial charge in [0.15, 0.2) is 0 Å². The van der Waals surface area contributed by atoms with Crippen molar-refractivity contribution in [1.29, 1.82) is 0 Å². The summed E-state index contributed by atoms with van der Waals surface area (Å²) >= 11 is 5.90. The van der Waals surface area contributed by atoms with Gasteiger partial charge in [-0.1, -0.05) is 41.9 Å². The number of hydrogen-bond donors (Lipinski definition) is 1. The first kappa shape index (κ1) is 14.6. The van der Waals surface area contributed by atoms with E-state index in [1.54, 1.807) is 6.07 Å². The van der Waals surface area contributed by atoms with Gasteiger partial charge in [-0.2, -0.15) is 8.42 Å². The third kappa shape index (κ3) is 2.35. The number of fused-ring (bicyclic) bond motifs is 3. The average Bonchev–Trinajstić information content (AvgIpc) is 2.64. The maximum absolute atomic E-state index is 11.4. The van der Waals surface area contributed by atoms with Gasteiger partial charge >= 0.3 is 18.9 Å². The minimum absolute atomic E-state index is 0. The van der Waals surface area contributed by atoms with Gasteiger partial charge in [0.25, 0.3) is 10.1 Å². The third-order valence-electron chi connectivity index (χ3n) is 3.15. The van der Waals surface area contributed by atoms with Gasteiger partial charge in [0.2, 0.25) is 0 Å². The fourth-order valence-corrected chi connectivity index (χ4v) is 3.71. The summed E-state index contributed by atoms with van der Waals surface area (Å²) in [5, 5.41) is 0.0593. The zero-order valence-corrected chi connectivity index (χ0v) is 10.8. The fraction of sp³-hybridized carbons (Fsp3) is 0.0769. The third-order valence-corrected chi connectivity index (χ3v) is 4.55. The molecule has 94 valence electrons. The number of rotatable bonds is 1. The van der Waals surface area contributed by atoms with Crippen molar-refractivity contribution < 1.29 is 13.0 Å². The molecule has 6 heteroatoms. The molecule has 0 aliphatic heterocycles. The number of benzene rings is 2. The normalized spacial score (nSPS) is 12.5. The minimum atomic E-state index is -4.31. The van der Waals surface area contributed by atoms with Crippen LogP contribution in [0.25, 0.3) is 11.1 Å². The molecule has 0 amide bonds. The quantitative estimate of drug-likeness (QED) is 0.553. The molecule has 1 N–H and O–H groups in total. The summed E-state index contributed by atoms with van der Waals surface area (Å²) in [6.07, 6.45) is 0.473. The van der Waals surface area contributed by atoms with Crippen LogP contribution in [-0.4, -0.2) is 31.8 Å². The molecule has 0 aromatic heterocycles. The summed E-state index contributed by atoms with van der Waals surface area (Å²) in [4.78, 5) is -0.169. The van der Waals surface area contributed by atoms with E-state index < -0.39 is 10.1 Å². The van der Waals surface area contributed by atoms with Crippen molar-refractivity contribution in [1.82, 2.24) is 0 Å². The molecule has 0 atom stereocenters. The zero-order chi connectivity index (χ0) is 12.9. The molecule has 0 saturated heterocycles. The van der Waals surface area contributed by atoms with Crippen LogP contribution in [0.4, 0.5) is 0 Å². The molecular weight excluding hydrogens is 279 g/mol. The SMILES string of the molecule is O=S(=O)(O)c1c(Cl)ccc2c1Cc1ccccc1-2.[LiH]. The van der Waals surface area contributed by atoms with Crippen molar-refractivity contribution in [2.45, 2.75) is 11.3 Å². The summed E-state index contributed by atoms with van der Waals surface area (Å²) in [5.41, 5.74) is 3.43. The van der Waals surface area contributed by atoms with Crippen molar-refractivity contribution in [3.05, 3.63) is 52.5 Å². The van der Waals surface area contributed by atoms with Crippen LogP contribution in [0.3, 0.4) is 0 Å². The first-order valence-electron chi connectivity index (χ1n) is 5.35. The predicted octanol–water partition coefficient (Wildman–Crippen LogP) is 2.51. The Morgan fingerprint density at radius 3 is 2.42 bits per heavy atom. The van der Waals surface area contributed by atoms with Crippen LogP contribution in [0.2, 0.25) is 5.02 Å². The molecular formula is C13H10ClLiO3S. The Morgan fingerprint density at radius 2 is 1.74 bits per heavy atom. The van der Waals surface area contributed by atoms with Crippen molar-refractivity contribution >= 4 is 40.6 Å². The summed E-state index contributed by atoms with van der Waals surface area (Å²) in [6, 6.07) is 11.0. The van der Waals surface area contributed by atoms with Crippen molar-refractivity contribution in [2.24, 2.45) is 0 Å². The van der Waals surface area contributed by atoms with Crippen molar-refractivity contribution in [2.75, 3.05) is 0 Å². The molecule has 19 heavy (non-hydrogen) atoms. The monoisotopic (exact) mass is 288 g/mol. The zero-order valence-electron chi connectivity index (χ0n) is 9.22. The average molecular weight is 289 g/mol. The second-order valence-electron chi connectivity index (χ2n) is 4.21. The van der Waals surface area contributed by atoms with E-state index in [1.807, 2.05) is 24.3 Å². The van der Waals surface area contributed by atoms with E-state index in [2.05, 4.69) is 0 Å². The molecule has 0 unspecified atom stereocenters. The van der Waals surface area contributed by atoms with Crippen LogP contribution >= 0.6 is 11.6 Å². The molecule has 0 saturated carbocycles. The molecule has 0 fully saturated rings. The van der Waals surface area contributed by atoms with E-state index >= 15 is 0 Å². The van der Waals surface area contributed by atoms with E-state index in [4.69, 9.17) is 11.6 Å². The van der Waals surface area contributed by atoms with Crippen LogP contribution in [0.15, 0.2) is 41.3 Å². The molecule has 1 aliphatic carbocycles. The van der Waals surface area contributed by atoms with Crippen LogP contribution in [0.5, 0.6) is 0 Å². The van der Waals surface area contributed by atoms with Gasteiger partial charge in [-0.3, -0.25) is 4.55 Å². The Labute approximate surface area is 128 Å². The standard InChI is InChI=1S/C13H9ClO3S.Li.H/c14-12-6-5-10-9-4-2-1-3-8(9)7-11(10)13(12)18(15,16)17;;/h1-6H,7H2,(H,15,16,17);;. The topological polar surface area (TPSA) is 54.4 Å². The summed E-state index contributed by atoms with van der Waals surface area (Å²) in [6.45, 7) is 0.